The first-order chi connectivity index (χ1) is 9.81. The van der Waals surface area contributed by atoms with Gasteiger partial charge in [0, 0.05) is 12.5 Å². The second-order valence-electron chi connectivity index (χ2n) is 4.64. The third-order valence-corrected chi connectivity index (χ3v) is 4.56. The lowest BCUT2D eigenvalue weighted by Gasteiger charge is -2.13. The van der Waals surface area contributed by atoms with E-state index in [0.29, 0.717) is 12.2 Å². The van der Waals surface area contributed by atoms with Crippen LogP contribution in [0.4, 0.5) is 0 Å². The fourth-order valence-corrected chi connectivity index (χ4v) is 3.56. The van der Waals surface area contributed by atoms with Crippen LogP contribution >= 0.6 is 0 Å². The average molecular weight is 313 g/mol. The number of carboxylic acids is 1. The van der Waals surface area contributed by atoms with Gasteiger partial charge in [0.25, 0.3) is 0 Å². The van der Waals surface area contributed by atoms with Crippen molar-refractivity contribution in [2.75, 3.05) is 0 Å². The summed E-state index contributed by atoms with van der Waals surface area (Å²) in [4.78, 5) is 10.7. The van der Waals surface area contributed by atoms with Crippen molar-refractivity contribution in [1.29, 1.82) is 0 Å². The number of aryl methyl sites for hydroxylation is 1. The van der Waals surface area contributed by atoms with Gasteiger partial charge in [0.1, 0.15) is 10.7 Å². The molecule has 21 heavy (non-hydrogen) atoms. The van der Waals surface area contributed by atoms with Gasteiger partial charge in [-0.2, -0.15) is 5.10 Å². The molecule has 0 saturated carbocycles. The maximum atomic E-state index is 12.3. The molecule has 2 aromatic rings. The molecule has 0 fully saturated rings. The van der Waals surface area contributed by atoms with Gasteiger partial charge in [-0.3, -0.25) is 5.10 Å². The largest absolute Gasteiger partial charge is 0.476 e. The predicted octanol–water partition coefficient (Wildman–Crippen LogP) is 0.919. The highest BCUT2D eigenvalue weighted by atomic mass is 32.2. The fraction of sp³-hybridized carbons (Fsp3) is 0.333. The Bertz CT molecular complexity index is 733. The zero-order chi connectivity index (χ0) is 15.6. The highest BCUT2D eigenvalue weighted by molar-refractivity contribution is 7.89. The molecule has 9 heteroatoms. The minimum absolute atomic E-state index is 0.171. The van der Waals surface area contributed by atoms with E-state index >= 15 is 0 Å². The van der Waals surface area contributed by atoms with Crippen LogP contribution in [0.2, 0.25) is 0 Å². The number of hydrogen-bond acceptors (Lipinski definition) is 5. The molecule has 0 aromatic carbocycles. The van der Waals surface area contributed by atoms with Crippen LogP contribution in [0.25, 0.3) is 0 Å². The molecular formula is C12H15N3O5S. The molecule has 2 heterocycles. The Balaban J connectivity index is 2.22. The molecule has 1 atom stereocenters. The third kappa shape index (κ3) is 3.31. The first kappa shape index (κ1) is 15.3. The Kier molecular flexibility index (Phi) is 4.14. The van der Waals surface area contributed by atoms with Crippen molar-refractivity contribution in [2.24, 2.45) is 0 Å². The van der Waals surface area contributed by atoms with E-state index in [9.17, 15) is 13.2 Å². The maximum absolute atomic E-state index is 12.3. The number of nitrogens with one attached hydrogen (secondary N) is 2. The van der Waals surface area contributed by atoms with Crippen LogP contribution in [0.15, 0.2) is 27.7 Å². The van der Waals surface area contributed by atoms with Gasteiger partial charge in [0.15, 0.2) is 5.69 Å². The number of carbonyl (C=O) groups is 1. The van der Waals surface area contributed by atoms with Crippen LogP contribution in [0, 0.1) is 6.92 Å². The van der Waals surface area contributed by atoms with Crippen molar-refractivity contribution in [3.63, 3.8) is 0 Å². The fourth-order valence-electron chi connectivity index (χ4n) is 1.99. The zero-order valence-corrected chi connectivity index (χ0v) is 12.3. The van der Waals surface area contributed by atoms with Crippen LogP contribution < -0.4 is 4.72 Å². The molecule has 8 nitrogen and oxygen atoms in total. The van der Waals surface area contributed by atoms with Crippen molar-refractivity contribution in [1.82, 2.24) is 14.9 Å². The summed E-state index contributed by atoms with van der Waals surface area (Å²) in [5.41, 5.74) is -0.352. The lowest BCUT2D eigenvalue weighted by Crippen LogP contribution is -2.35. The van der Waals surface area contributed by atoms with Gasteiger partial charge in [-0.15, -0.1) is 0 Å². The van der Waals surface area contributed by atoms with Crippen LogP contribution in [-0.4, -0.2) is 35.7 Å². The van der Waals surface area contributed by atoms with Crippen molar-refractivity contribution in [2.45, 2.75) is 31.2 Å². The molecule has 0 saturated heterocycles. The molecule has 0 aliphatic heterocycles. The summed E-state index contributed by atoms with van der Waals surface area (Å²) in [6.45, 7) is 3.11. The molecule has 2 aromatic heterocycles. The number of H-pyrrole nitrogens is 1. The summed E-state index contributed by atoms with van der Waals surface area (Å²) >= 11 is 0. The van der Waals surface area contributed by atoms with Crippen molar-refractivity contribution in [3.8, 4) is 0 Å². The number of rotatable bonds is 6. The summed E-state index contributed by atoms with van der Waals surface area (Å²) in [5.74, 6) is -0.772. The molecule has 0 aliphatic carbocycles. The monoisotopic (exact) mass is 313 g/mol. The van der Waals surface area contributed by atoms with Crippen LogP contribution in [-0.2, 0) is 16.4 Å². The summed E-state index contributed by atoms with van der Waals surface area (Å²) in [7, 11) is -3.99. The molecule has 114 valence electrons. The number of furan rings is 1. The van der Waals surface area contributed by atoms with Gasteiger partial charge >= 0.3 is 5.97 Å². The number of aromatic amines is 1. The third-order valence-electron chi connectivity index (χ3n) is 2.81. The highest BCUT2D eigenvalue weighted by Crippen LogP contribution is 2.18. The van der Waals surface area contributed by atoms with Crippen LogP contribution in [0.3, 0.4) is 0 Å². The summed E-state index contributed by atoms with van der Waals surface area (Å²) in [5, 5.41) is 14.9. The van der Waals surface area contributed by atoms with Crippen molar-refractivity contribution >= 4 is 16.0 Å². The summed E-state index contributed by atoms with van der Waals surface area (Å²) < 4.78 is 32.2. The second kappa shape index (κ2) is 5.70. The predicted molar refractivity (Wildman–Crippen MR) is 72.5 cm³/mol. The Hall–Kier alpha value is -2.13. The van der Waals surface area contributed by atoms with Gasteiger partial charge in [-0.1, -0.05) is 0 Å². The van der Waals surface area contributed by atoms with E-state index in [-0.39, 0.29) is 10.6 Å². The van der Waals surface area contributed by atoms with Crippen LogP contribution in [0.1, 0.15) is 28.9 Å². The first-order valence-electron chi connectivity index (χ1n) is 6.14. The minimum atomic E-state index is -3.99. The lowest BCUT2D eigenvalue weighted by molar-refractivity contribution is 0.0686. The molecule has 2 rings (SSSR count). The molecule has 0 radical (unpaired) electrons. The molecule has 0 aliphatic rings. The molecular weight excluding hydrogens is 298 g/mol. The van der Waals surface area contributed by atoms with Gasteiger partial charge < -0.3 is 9.52 Å². The molecule has 1 unspecified atom stereocenters. The molecule has 3 N–H and O–H groups in total. The second-order valence-corrected chi connectivity index (χ2v) is 6.29. The van der Waals surface area contributed by atoms with Gasteiger partial charge in [0.05, 0.1) is 12.0 Å². The van der Waals surface area contributed by atoms with E-state index in [1.54, 1.807) is 19.1 Å². The standard InChI is InChI=1S/C12H15N3O5S/c1-7(6-9-4-3-5-20-9)15-21(18,19)11-8(2)13-14-10(11)12(16)17/h3-5,7,15H,6H2,1-2H3,(H,13,14)(H,16,17). The number of carboxylic acid groups (broad SMARTS) is 1. The van der Waals surface area contributed by atoms with E-state index in [4.69, 9.17) is 9.52 Å². The Labute approximate surface area is 121 Å². The van der Waals surface area contributed by atoms with Crippen molar-refractivity contribution in [3.05, 3.63) is 35.5 Å². The lowest BCUT2D eigenvalue weighted by atomic mass is 10.2. The quantitative estimate of drug-likeness (QED) is 0.728. The summed E-state index contributed by atoms with van der Waals surface area (Å²) in [6.07, 6.45) is 1.85. The van der Waals surface area contributed by atoms with Crippen molar-refractivity contribution < 1.29 is 22.7 Å². The van der Waals surface area contributed by atoms with E-state index < -0.39 is 27.7 Å². The van der Waals surface area contributed by atoms with E-state index in [2.05, 4.69) is 14.9 Å². The number of hydrogen-bond donors (Lipinski definition) is 3. The Morgan fingerprint density at radius 3 is 2.86 bits per heavy atom. The van der Waals surface area contributed by atoms with E-state index in [0.717, 1.165) is 0 Å². The smallest absolute Gasteiger partial charge is 0.357 e. The van der Waals surface area contributed by atoms with E-state index in [1.165, 1.54) is 13.2 Å². The van der Waals surface area contributed by atoms with Gasteiger partial charge in [-0.05, 0) is 26.0 Å². The number of aromatic carboxylic acids is 1. The number of aromatic nitrogens is 2. The SMILES string of the molecule is Cc1[nH]nc(C(=O)O)c1S(=O)(=O)NC(C)Cc1ccco1. The van der Waals surface area contributed by atoms with Gasteiger partial charge in [-0.25, -0.2) is 17.9 Å². The summed E-state index contributed by atoms with van der Waals surface area (Å²) in [6, 6.07) is 2.98. The molecule has 0 spiro atoms. The highest BCUT2D eigenvalue weighted by Gasteiger charge is 2.29. The topological polar surface area (TPSA) is 125 Å². The zero-order valence-electron chi connectivity index (χ0n) is 11.5. The Morgan fingerprint density at radius 1 is 1.57 bits per heavy atom. The average Bonchev–Trinajstić information content (AvgIpc) is 2.97. The van der Waals surface area contributed by atoms with E-state index in [1.807, 2.05) is 0 Å². The first-order valence-corrected chi connectivity index (χ1v) is 7.62. The molecule has 0 amide bonds. The molecule has 0 bridgehead atoms. The van der Waals surface area contributed by atoms with Gasteiger partial charge in [0.2, 0.25) is 10.0 Å². The number of sulfonamides is 1. The number of nitrogens with zero attached hydrogens (tertiary/aromatic N) is 1. The minimum Gasteiger partial charge on any atom is -0.476 e. The Morgan fingerprint density at radius 2 is 2.29 bits per heavy atom. The maximum Gasteiger partial charge on any atom is 0.357 e. The normalized spacial score (nSPS) is 13.2. The van der Waals surface area contributed by atoms with Crippen LogP contribution in [0.5, 0.6) is 0 Å².